The number of aryl methyl sites for hydroxylation is 1. The van der Waals surface area contributed by atoms with Crippen molar-refractivity contribution in [2.75, 3.05) is 6.61 Å². The van der Waals surface area contributed by atoms with Crippen LogP contribution in [0.5, 0.6) is 11.5 Å². The van der Waals surface area contributed by atoms with Crippen molar-refractivity contribution in [3.8, 4) is 22.6 Å². The number of halogens is 2. The van der Waals surface area contributed by atoms with Crippen LogP contribution in [0.4, 0.5) is 8.78 Å². The Bertz CT molecular complexity index is 1290. The van der Waals surface area contributed by atoms with Gasteiger partial charge in [-0.1, -0.05) is 6.07 Å². The number of nitrogens with zero attached hydrogens (tertiary/aromatic N) is 2. The topological polar surface area (TPSA) is 90.0 Å². The van der Waals surface area contributed by atoms with Crippen molar-refractivity contribution in [2.45, 2.75) is 37.8 Å². The Morgan fingerprint density at radius 1 is 1.15 bits per heavy atom. The first-order valence-corrected chi connectivity index (χ1v) is 10.6. The molecule has 1 spiro atoms. The molecule has 0 fully saturated rings. The molecule has 6 nitrogen and oxygen atoms in total. The van der Waals surface area contributed by atoms with Crippen LogP contribution in [0.2, 0.25) is 0 Å². The predicted molar refractivity (Wildman–Crippen MR) is 119 cm³/mol. The number of rotatable bonds is 4. The Morgan fingerprint density at radius 2 is 1.97 bits per heavy atom. The minimum Gasteiger partial charge on any atom is -0.462 e. The van der Waals surface area contributed by atoms with E-state index in [-0.39, 0.29) is 18.4 Å². The summed E-state index contributed by atoms with van der Waals surface area (Å²) in [5.41, 5.74) is 6.53. The Morgan fingerprint density at radius 3 is 2.67 bits per heavy atom. The lowest BCUT2D eigenvalue weighted by Crippen LogP contribution is -2.32. The summed E-state index contributed by atoms with van der Waals surface area (Å²) in [5.74, 6) is -0.696. The van der Waals surface area contributed by atoms with Gasteiger partial charge in [-0.3, -0.25) is 0 Å². The molecule has 2 aliphatic heterocycles. The lowest BCUT2D eigenvalue weighted by molar-refractivity contribution is 0.0713. The van der Waals surface area contributed by atoms with Crippen LogP contribution in [0.3, 0.4) is 0 Å². The predicted octanol–water partition coefficient (Wildman–Crippen LogP) is 4.42. The molecule has 0 aliphatic carbocycles. The van der Waals surface area contributed by atoms with E-state index in [1.807, 2.05) is 6.07 Å². The van der Waals surface area contributed by atoms with Crippen LogP contribution in [0.15, 0.2) is 53.7 Å². The molecule has 0 amide bonds. The molecule has 0 radical (unpaired) electrons. The van der Waals surface area contributed by atoms with Crippen molar-refractivity contribution in [2.24, 2.45) is 10.7 Å². The molecule has 0 saturated heterocycles. The fourth-order valence-electron chi connectivity index (χ4n) is 4.33. The highest BCUT2D eigenvalue weighted by Gasteiger charge is 2.48. The van der Waals surface area contributed by atoms with Crippen LogP contribution in [-0.4, -0.2) is 28.3 Å². The van der Waals surface area contributed by atoms with Gasteiger partial charge in [-0.25, -0.2) is 14.4 Å². The number of ether oxygens (including phenoxy) is 2. The summed E-state index contributed by atoms with van der Waals surface area (Å²) in [4.78, 5) is 8.31. The van der Waals surface area contributed by atoms with Crippen LogP contribution in [0.1, 0.15) is 37.0 Å². The van der Waals surface area contributed by atoms with Crippen molar-refractivity contribution in [1.82, 2.24) is 4.98 Å². The number of hydrogen-bond donors (Lipinski definition) is 2. The molecule has 0 bridgehead atoms. The quantitative estimate of drug-likeness (QED) is 0.573. The SMILES string of the molecule is CC(C)(O)CCc1cc(F)c2c(c1)[C@]1(COC(N)=N1)c1cc(-c3cccnc3F)ccc1O2. The van der Waals surface area contributed by atoms with E-state index in [9.17, 15) is 9.50 Å². The summed E-state index contributed by atoms with van der Waals surface area (Å²) in [6, 6.07) is 11.6. The Balaban J connectivity index is 1.67. The van der Waals surface area contributed by atoms with Gasteiger partial charge in [0.05, 0.1) is 5.60 Å². The third-order valence-corrected chi connectivity index (χ3v) is 6.01. The molecule has 5 rings (SSSR count). The first kappa shape index (κ1) is 21.3. The number of aliphatic imine (C=N–C) groups is 1. The first-order valence-electron chi connectivity index (χ1n) is 10.6. The van der Waals surface area contributed by atoms with Gasteiger partial charge in [0, 0.05) is 22.9 Å². The number of amidine groups is 1. The van der Waals surface area contributed by atoms with Gasteiger partial charge in [0.2, 0.25) is 5.95 Å². The molecule has 3 heterocycles. The Labute approximate surface area is 189 Å². The van der Waals surface area contributed by atoms with E-state index in [1.165, 1.54) is 12.3 Å². The number of aliphatic hydroxyl groups is 1. The van der Waals surface area contributed by atoms with Crippen molar-refractivity contribution in [3.63, 3.8) is 0 Å². The smallest absolute Gasteiger partial charge is 0.283 e. The van der Waals surface area contributed by atoms with E-state index >= 15 is 4.39 Å². The van der Waals surface area contributed by atoms with Crippen LogP contribution >= 0.6 is 0 Å². The zero-order valence-corrected chi connectivity index (χ0v) is 18.2. The van der Waals surface area contributed by atoms with Crippen LogP contribution in [0, 0.1) is 11.8 Å². The Kier molecular flexibility index (Phi) is 4.86. The normalized spacial score (nSPS) is 18.9. The maximum absolute atomic E-state index is 15.2. The van der Waals surface area contributed by atoms with Crippen molar-refractivity contribution < 1.29 is 23.4 Å². The highest BCUT2D eigenvalue weighted by molar-refractivity contribution is 5.78. The van der Waals surface area contributed by atoms with Crippen molar-refractivity contribution in [3.05, 3.63) is 77.1 Å². The lowest BCUT2D eigenvalue weighted by atomic mass is 9.79. The van der Waals surface area contributed by atoms with E-state index in [1.54, 1.807) is 44.2 Å². The van der Waals surface area contributed by atoms with Gasteiger partial charge >= 0.3 is 0 Å². The number of fused-ring (bicyclic) bond motifs is 4. The fraction of sp³-hybridized carbons (Fsp3) is 0.280. The number of hydrogen-bond acceptors (Lipinski definition) is 6. The van der Waals surface area contributed by atoms with E-state index in [2.05, 4.69) is 9.98 Å². The maximum Gasteiger partial charge on any atom is 0.283 e. The summed E-state index contributed by atoms with van der Waals surface area (Å²) in [6.07, 6.45) is 2.28. The van der Waals surface area contributed by atoms with Gasteiger partial charge in [-0.15, -0.1) is 0 Å². The third kappa shape index (κ3) is 3.70. The molecule has 1 atom stereocenters. The largest absolute Gasteiger partial charge is 0.462 e. The number of benzene rings is 2. The summed E-state index contributed by atoms with van der Waals surface area (Å²) in [5, 5.41) is 10.1. The van der Waals surface area contributed by atoms with Gasteiger partial charge < -0.3 is 20.3 Å². The van der Waals surface area contributed by atoms with Gasteiger partial charge in [0.1, 0.15) is 12.4 Å². The van der Waals surface area contributed by atoms with Crippen LogP contribution in [0.25, 0.3) is 11.1 Å². The molecule has 1 aromatic heterocycles. The second kappa shape index (κ2) is 7.52. The standard InChI is InChI=1S/C25H23F2N3O3/c1-24(2,31)8-7-14-10-18-21(19(26)11-14)33-20-6-5-15(16-4-3-9-29-22(16)27)12-17(20)25(18)13-32-23(28)30-25/h3-6,9-12,31H,7-8,13H2,1-2H3,(H2,28,30)/t25-/m0/s1. The lowest BCUT2D eigenvalue weighted by Gasteiger charge is -2.34. The molecule has 0 unspecified atom stereocenters. The molecule has 33 heavy (non-hydrogen) atoms. The zero-order chi connectivity index (χ0) is 23.4. The van der Waals surface area contributed by atoms with E-state index in [0.717, 1.165) is 0 Å². The average Bonchev–Trinajstić information content (AvgIpc) is 3.15. The molecular weight excluding hydrogens is 428 g/mol. The summed E-state index contributed by atoms with van der Waals surface area (Å²) in [7, 11) is 0. The van der Waals surface area contributed by atoms with Gasteiger partial charge in [-0.2, -0.15) is 4.39 Å². The highest BCUT2D eigenvalue weighted by atomic mass is 19.1. The molecule has 170 valence electrons. The highest BCUT2D eigenvalue weighted by Crippen LogP contribution is 2.52. The molecule has 3 N–H and O–H groups in total. The summed E-state index contributed by atoms with van der Waals surface area (Å²) in [6.45, 7) is 3.46. The average molecular weight is 451 g/mol. The van der Waals surface area contributed by atoms with E-state index in [4.69, 9.17) is 15.2 Å². The minimum absolute atomic E-state index is 0.0194. The fourth-order valence-corrected chi connectivity index (χ4v) is 4.33. The molecule has 0 saturated carbocycles. The van der Waals surface area contributed by atoms with Gasteiger partial charge in [0.15, 0.2) is 17.1 Å². The monoisotopic (exact) mass is 451 g/mol. The van der Waals surface area contributed by atoms with Gasteiger partial charge in [-0.05, 0) is 74.2 Å². The van der Waals surface area contributed by atoms with Crippen LogP contribution < -0.4 is 10.5 Å². The summed E-state index contributed by atoms with van der Waals surface area (Å²) < 4.78 is 41.1. The minimum atomic E-state index is -1.15. The first-order chi connectivity index (χ1) is 15.7. The van der Waals surface area contributed by atoms with E-state index < -0.39 is 22.9 Å². The molecule has 2 aromatic carbocycles. The third-order valence-electron chi connectivity index (χ3n) is 6.01. The summed E-state index contributed by atoms with van der Waals surface area (Å²) >= 11 is 0. The molecule has 3 aromatic rings. The molecule has 8 heteroatoms. The van der Waals surface area contributed by atoms with E-state index in [0.29, 0.717) is 46.4 Å². The second-order valence-electron chi connectivity index (χ2n) is 9.02. The second-order valence-corrected chi connectivity index (χ2v) is 9.02. The Hall–Kier alpha value is -3.52. The van der Waals surface area contributed by atoms with Gasteiger partial charge in [0.25, 0.3) is 6.02 Å². The van der Waals surface area contributed by atoms with Crippen molar-refractivity contribution in [1.29, 1.82) is 0 Å². The van der Waals surface area contributed by atoms with Crippen molar-refractivity contribution >= 4 is 6.02 Å². The number of pyridine rings is 1. The number of nitrogens with two attached hydrogens (primary N) is 1. The zero-order valence-electron chi connectivity index (χ0n) is 18.2. The van der Waals surface area contributed by atoms with Crippen LogP contribution in [-0.2, 0) is 16.7 Å². The number of aromatic nitrogens is 1. The molecule has 2 aliphatic rings. The maximum atomic E-state index is 15.2. The molecular formula is C25H23F2N3O3.